The first-order valence-electron chi connectivity index (χ1n) is 5.81. The van der Waals surface area contributed by atoms with E-state index in [4.69, 9.17) is 10.7 Å². The van der Waals surface area contributed by atoms with Gasteiger partial charge in [0.25, 0.3) is 0 Å². The molecule has 19 heavy (non-hydrogen) atoms. The van der Waals surface area contributed by atoms with E-state index in [1.165, 1.54) is 4.70 Å². The van der Waals surface area contributed by atoms with Crippen LogP contribution in [0.3, 0.4) is 0 Å². The van der Waals surface area contributed by atoms with Gasteiger partial charge in [-0.1, -0.05) is 12.1 Å². The zero-order chi connectivity index (χ0) is 12.8. The number of aromatic nitrogens is 2. The Kier molecular flexibility index (Phi) is 2.30. The van der Waals surface area contributed by atoms with Gasteiger partial charge in [0.1, 0.15) is 5.01 Å². The van der Waals surface area contributed by atoms with Gasteiger partial charge in [-0.2, -0.15) is 0 Å². The standard InChI is InChI=1S/C14H9N3S2/c15-13-12(8-5-6-16-7-11(8)18-13)14-17-9-3-1-2-4-10(9)19-14/h1-7H,15H2. The smallest absolute Gasteiger partial charge is 0.128 e. The van der Waals surface area contributed by atoms with E-state index in [0.717, 1.165) is 31.2 Å². The van der Waals surface area contributed by atoms with E-state index in [1.54, 1.807) is 28.9 Å². The lowest BCUT2D eigenvalue weighted by molar-refractivity contribution is 1.37. The van der Waals surface area contributed by atoms with Crippen LogP contribution in [0.15, 0.2) is 42.7 Å². The minimum atomic E-state index is 0.807. The summed E-state index contributed by atoms with van der Waals surface area (Å²) < 4.78 is 2.29. The third kappa shape index (κ3) is 1.63. The Morgan fingerprint density at radius 2 is 1.89 bits per heavy atom. The Balaban J connectivity index is 2.06. The van der Waals surface area contributed by atoms with Crippen LogP contribution in [0.25, 0.3) is 30.9 Å². The minimum Gasteiger partial charge on any atom is -0.390 e. The highest BCUT2D eigenvalue weighted by Crippen LogP contribution is 2.42. The van der Waals surface area contributed by atoms with Crippen LogP contribution >= 0.6 is 22.7 Å². The number of nitrogen functional groups attached to an aromatic ring is 1. The predicted molar refractivity (Wildman–Crippen MR) is 82.6 cm³/mol. The van der Waals surface area contributed by atoms with Crippen molar-refractivity contribution in [2.75, 3.05) is 5.73 Å². The van der Waals surface area contributed by atoms with Gasteiger partial charge >= 0.3 is 0 Å². The molecule has 4 aromatic rings. The van der Waals surface area contributed by atoms with Crippen molar-refractivity contribution in [1.29, 1.82) is 0 Å². The number of pyridine rings is 1. The van der Waals surface area contributed by atoms with Gasteiger partial charge in [0.05, 0.1) is 25.5 Å². The number of anilines is 1. The maximum atomic E-state index is 6.16. The molecule has 3 aromatic heterocycles. The monoisotopic (exact) mass is 283 g/mol. The second-order valence-corrected chi connectivity index (χ2v) is 6.31. The summed E-state index contributed by atoms with van der Waals surface area (Å²) in [6.07, 6.45) is 3.65. The van der Waals surface area contributed by atoms with Crippen LogP contribution < -0.4 is 5.73 Å². The largest absolute Gasteiger partial charge is 0.390 e. The molecule has 4 rings (SSSR count). The van der Waals surface area contributed by atoms with Crippen LogP contribution in [0.5, 0.6) is 0 Å². The number of hydrogen-bond donors (Lipinski definition) is 1. The highest BCUT2D eigenvalue weighted by Gasteiger charge is 2.15. The summed E-state index contributed by atoms with van der Waals surface area (Å²) >= 11 is 3.24. The summed E-state index contributed by atoms with van der Waals surface area (Å²) in [4.78, 5) is 8.83. The summed E-state index contributed by atoms with van der Waals surface area (Å²) in [7, 11) is 0. The fraction of sp³-hybridized carbons (Fsp3) is 0. The van der Waals surface area contributed by atoms with Crippen LogP contribution in [-0.4, -0.2) is 9.97 Å². The molecule has 0 aliphatic rings. The van der Waals surface area contributed by atoms with Gasteiger partial charge < -0.3 is 5.73 Å². The van der Waals surface area contributed by atoms with Gasteiger partial charge in [-0.25, -0.2) is 4.98 Å². The van der Waals surface area contributed by atoms with Crippen LogP contribution in [0.4, 0.5) is 5.00 Å². The molecule has 3 heterocycles. The van der Waals surface area contributed by atoms with Crippen molar-refractivity contribution < 1.29 is 0 Å². The first kappa shape index (κ1) is 10.9. The number of thiophene rings is 1. The number of benzene rings is 1. The summed E-state index contributed by atoms with van der Waals surface area (Å²) in [6, 6.07) is 10.2. The van der Waals surface area contributed by atoms with Crippen LogP contribution in [0.2, 0.25) is 0 Å². The quantitative estimate of drug-likeness (QED) is 0.571. The van der Waals surface area contributed by atoms with Crippen molar-refractivity contribution in [3.8, 4) is 10.6 Å². The number of nitrogens with zero attached hydrogens (tertiary/aromatic N) is 2. The van der Waals surface area contributed by atoms with Gasteiger partial charge in [-0.05, 0) is 18.2 Å². The average Bonchev–Trinajstić information content (AvgIpc) is 2.97. The fourth-order valence-corrected chi connectivity index (χ4v) is 4.21. The second-order valence-electron chi connectivity index (χ2n) is 4.20. The third-order valence-electron chi connectivity index (χ3n) is 3.03. The van der Waals surface area contributed by atoms with Crippen molar-refractivity contribution in [2.24, 2.45) is 0 Å². The molecule has 0 bridgehead atoms. The summed E-state index contributed by atoms with van der Waals surface area (Å²) in [5.74, 6) is 0. The molecule has 0 aliphatic carbocycles. The van der Waals surface area contributed by atoms with E-state index in [9.17, 15) is 0 Å². The van der Waals surface area contributed by atoms with Crippen LogP contribution in [0.1, 0.15) is 0 Å². The van der Waals surface area contributed by atoms with Gasteiger partial charge in [0.15, 0.2) is 0 Å². The molecular weight excluding hydrogens is 274 g/mol. The Morgan fingerprint density at radius 3 is 2.79 bits per heavy atom. The zero-order valence-electron chi connectivity index (χ0n) is 9.83. The molecule has 0 unspecified atom stereocenters. The van der Waals surface area contributed by atoms with E-state index in [0.29, 0.717) is 0 Å². The van der Waals surface area contributed by atoms with Crippen molar-refractivity contribution >= 4 is 48.0 Å². The third-order valence-corrected chi connectivity index (χ3v) is 5.05. The van der Waals surface area contributed by atoms with Crippen molar-refractivity contribution in [2.45, 2.75) is 0 Å². The molecule has 0 saturated heterocycles. The molecule has 0 aliphatic heterocycles. The molecule has 3 nitrogen and oxygen atoms in total. The number of fused-ring (bicyclic) bond motifs is 2. The van der Waals surface area contributed by atoms with E-state index in [-0.39, 0.29) is 0 Å². The molecule has 0 spiro atoms. The lowest BCUT2D eigenvalue weighted by atomic mass is 10.2. The molecule has 0 saturated carbocycles. The van der Waals surface area contributed by atoms with Crippen molar-refractivity contribution in [1.82, 2.24) is 9.97 Å². The second kappa shape index (κ2) is 4.01. The average molecular weight is 283 g/mol. The van der Waals surface area contributed by atoms with E-state index < -0.39 is 0 Å². The minimum absolute atomic E-state index is 0.807. The highest BCUT2D eigenvalue weighted by molar-refractivity contribution is 7.25. The van der Waals surface area contributed by atoms with Gasteiger partial charge in [-0.3, -0.25) is 4.98 Å². The molecule has 0 radical (unpaired) electrons. The Hall–Kier alpha value is -1.98. The maximum absolute atomic E-state index is 6.16. The predicted octanol–water partition coefficient (Wildman–Crippen LogP) is 4.16. The molecule has 92 valence electrons. The summed E-state index contributed by atoms with van der Waals surface area (Å²) in [5.41, 5.74) is 8.23. The molecule has 2 N–H and O–H groups in total. The Bertz CT molecular complexity index is 859. The number of rotatable bonds is 1. The van der Waals surface area contributed by atoms with Gasteiger partial charge in [0.2, 0.25) is 0 Å². The Labute approximate surface area is 117 Å². The lowest BCUT2D eigenvalue weighted by Gasteiger charge is -1.95. The van der Waals surface area contributed by atoms with E-state index >= 15 is 0 Å². The van der Waals surface area contributed by atoms with Crippen LogP contribution in [0, 0.1) is 0 Å². The van der Waals surface area contributed by atoms with Gasteiger partial charge in [0, 0.05) is 17.8 Å². The highest BCUT2D eigenvalue weighted by atomic mass is 32.1. The maximum Gasteiger partial charge on any atom is 0.128 e. The molecule has 0 amide bonds. The summed E-state index contributed by atoms with van der Waals surface area (Å²) in [6.45, 7) is 0. The summed E-state index contributed by atoms with van der Waals surface area (Å²) in [5, 5.41) is 2.93. The number of nitrogens with two attached hydrogens (primary N) is 1. The van der Waals surface area contributed by atoms with Crippen molar-refractivity contribution in [3.05, 3.63) is 42.7 Å². The molecule has 0 atom stereocenters. The zero-order valence-corrected chi connectivity index (χ0v) is 11.5. The Morgan fingerprint density at radius 1 is 1.00 bits per heavy atom. The lowest BCUT2D eigenvalue weighted by Crippen LogP contribution is -1.83. The molecular formula is C14H9N3S2. The molecule has 1 aromatic carbocycles. The molecule has 5 heteroatoms. The van der Waals surface area contributed by atoms with Crippen LogP contribution in [-0.2, 0) is 0 Å². The van der Waals surface area contributed by atoms with E-state index in [1.807, 2.05) is 30.5 Å². The first-order chi connectivity index (χ1) is 9.33. The number of thiazole rings is 1. The first-order valence-corrected chi connectivity index (χ1v) is 7.44. The molecule has 0 fully saturated rings. The normalized spacial score (nSPS) is 11.4. The van der Waals surface area contributed by atoms with Crippen molar-refractivity contribution in [3.63, 3.8) is 0 Å². The topological polar surface area (TPSA) is 51.8 Å². The van der Waals surface area contributed by atoms with E-state index in [2.05, 4.69) is 11.1 Å². The number of hydrogen-bond acceptors (Lipinski definition) is 5. The number of para-hydroxylation sites is 1. The SMILES string of the molecule is Nc1sc2cnccc2c1-c1nc2ccccc2s1. The van der Waals surface area contributed by atoms with Gasteiger partial charge in [-0.15, -0.1) is 22.7 Å². The fourth-order valence-electron chi connectivity index (χ4n) is 2.17.